The molecular formula is C12H14FN. The highest BCUT2D eigenvalue weighted by Crippen LogP contribution is 2.29. The van der Waals surface area contributed by atoms with Crippen LogP contribution in [-0.2, 0) is 6.42 Å². The highest BCUT2D eigenvalue weighted by molar-refractivity contribution is 5.70. The lowest BCUT2D eigenvalue weighted by Gasteiger charge is -2.17. The average Bonchev–Trinajstić information content (AvgIpc) is 2.20. The first-order valence-corrected chi connectivity index (χ1v) is 5.00. The minimum Gasteiger partial charge on any atom is -0.330 e. The molecule has 14 heavy (non-hydrogen) atoms. The van der Waals surface area contributed by atoms with Crippen molar-refractivity contribution < 1.29 is 4.39 Å². The summed E-state index contributed by atoms with van der Waals surface area (Å²) in [5.41, 5.74) is 8.64. The summed E-state index contributed by atoms with van der Waals surface area (Å²) in [7, 11) is 0. The largest absolute Gasteiger partial charge is 0.330 e. The maximum absolute atomic E-state index is 13.4. The van der Waals surface area contributed by atoms with E-state index in [0.29, 0.717) is 6.54 Å². The van der Waals surface area contributed by atoms with E-state index in [0.717, 1.165) is 30.4 Å². The van der Waals surface area contributed by atoms with Gasteiger partial charge in [0, 0.05) is 0 Å². The summed E-state index contributed by atoms with van der Waals surface area (Å²) in [6.45, 7) is 0.627. The maximum Gasteiger partial charge on any atom is 0.127 e. The number of benzene rings is 1. The lowest BCUT2D eigenvalue weighted by Crippen LogP contribution is -2.06. The Kier molecular flexibility index (Phi) is 2.64. The molecule has 0 amide bonds. The smallest absolute Gasteiger partial charge is 0.127 e. The zero-order valence-corrected chi connectivity index (χ0v) is 8.09. The molecule has 0 spiro atoms. The summed E-state index contributed by atoms with van der Waals surface area (Å²) in [6.07, 6.45) is 4.77. The predicted molar refractivity (Wildman–Crippen MR) is 56.4 cm³/mol. The fourth-order valence-electron chi connectivity index (χ4n) is 2.01. The molecule has 2 N–H and O–H groups in total. The van der Waals surface area contributed by atoms with Crippen molar-refractivity contribution in [1.29, 1.82) is 0 Å². The van der Waals surface area contributed by atoms with Gasteiger partial charge in [0.1, 0.15) is 5.82 Å². The summed E-state index contributed by atoms with van der Waals surface area (Å²) in [6, 6.07) is 5.28. The van der Waals surface area contributed by atoms with Gasteiger partial charge in [-0.2, -0.15) is 0 Å². The van der Waals surface area contributed by atoms with Gasteiger partial charge in [0.25, 0.3) is 0 Å². The Morgan fingerprint density at radius 3 is 3.00 bits per heavy atom. The predicted octanol–water partition coefficient (Wildman–Crippen LogP) is 2.50. The molecule has 0 aromatic heterocycles. The zero-order chi connectivity index (χ0) is 9.97. The first kappa shape index (κ1) is 9.41. The van der Waals surface area contributed by atoms with E-state index in [4.69, 9.17) is 5.73 Å². The van der Waals surface area contributed by atoms with E-state index in [-0.39, 0.29) is 5.82 Å². The van der Waals surface area contributed by atoms with Crippen LogP contribution in [0.15, 0.2) is 24.3 Å². The molecule has 0 aliphatic heterocycles. The molecule has 1 aromatic carbocycles. The summed E-state index contributed by atoms with van der Waals surface area (Å²) in [5, 5.41) is 0. The third-order valence-corrected chi connectivity index (χ3v) is 2.66. The molecule has 0 unspecified atom stereocenters. The minimum atomic E-state index is -0.0786. The molecular weight excluding hydrogens is 177 g/mol. The third-order valence-electron chi connectivity index (χ3n) is 2.66. The van der Waals surface area contributed by atoms with Gasteiger partial charge in [0.15, 0.2) is 0 Å². The van der Waals surface area contributed by atoms with Crippen LogP contribution in [-0.4, -0.2) is 6.54 Å². The van der Waals surface area contributed by atoms with Crippen molar-refractivity contribution in [3.63, 3.8) is 0 Å². The molecule has 1 aliphatic carbocycles. The molecule has 0 radical (unpaired) electrons. The Labute approximate surface area is 83.4 Å². The average molecular weight is 191 g/mol. The Hall–Kier alpha value is -1.15. The number of rotatable bonds is 2. The number of halogens is 1. The molecule has 2 rings (SSSR count). The highest BCUT2D eigenvalue weighted by Gasteiger charge is 2.14. The molecule has 0 saturated carbocycles. The highest BCUT2D eigenvalue weighted by atomic mass is 19.1. The second-order valence-electron chi connectivity index (χ2n) is 3.57. The molecule has 1 nitrogen and oxygen atoms in total. The Bertz CT molecular complexity index is 369. The van der Waals surface area contributed by atoms with Gasteiger partial charge < -0.3 is 5.73 Å². The molecule has 0 bridgehead atoms. The summed E-state index contributed by atoms with van der Waals surface area (Å²) >= 11 is 0. The van der Waals surface area contributed by atoms with E-state index in [9.17, 15) is 4.39 Å². The van der Waals surface area contributed by atoms with Crippen LogP contribution in [0.25, 0.3) is 5.57 Å². The van der Waals surface area contributed by atoms with Crippen molar-refractivity contribution in [3.05, 3.63) is 41.2 Å². The van der Waals surface area contributed by atoms with Crippen LogP contribution in [0, 0.1) is 5.82 Å². The Balaban J connectivity index is 2.43. The van der Waals surface area contributed by atoms with Crippen LogP contribution < -0.4 is 5.73 Å². The van der Waals surface area contributed by atoms with Crippen molar-refractivity contribution in [1.82, 2.24) is 0 Å². The molecule has 0 saturated heterocycles. The van der Waals surface area contributed by atoms with Crippen molar-refractivity contribution in [2.75, 3.05) is 6.54 Å². The Morgan fingerprint density at radius 1 is 1.36 bits per heavy atom. The fourth-order valence-corrected chi connectivity index (χ4v) is 2.01. The van der Waals surface area contributed by atoms with Crippen molar-refractivity contribution >= 4 is 5.57 Å². The van der Waals surface area contributed by atoms with Crippen molar-refractivity contribution in [2.45, 2.75) is 19.3 Å². The Morgan fingerprint density at radius 2 is 2.21 bits per heavy atom. The van der Waals surface area contributed by atoms with Gasteiger partial charge in [-0.15, -0.1) is 0 Å². The van der Waals surface area contributed by atoms with Crippen molar-refractivity contribution in [3.8, 4) is 0 Å². The lowest BCUT2D eigenvalue weighted by atomic mass is 9.89. The van der Waals surface area contributed by atoms with Gasteiger partial charge in [-0.25, -0.2) is 4.39 Å². The quantitative estimate of drug-likeness (QED) is 0.763. The molecule has 1 aliphatic rings. The number of allylic oxidation sites excluding steroid dienone is 1. The van der Waals surface area contributed by atoms with E-state index in [1.165, 1.54) is 11.6 Å². The zero-order valence-electron chi connectivity index (χ0n) is 8.09. The van der Waals surface area contributed by atoms with E-state index in [1.54, 1.807) is 6.07 Å². The van der Waals surface area contributed by atoms with Gasteiger partial charge in [0.2, 0.25) is 0 Å². The fraction of sp³-hybridized carbons (Fsp3) is 0.333. The summed E-state index contributed by atoms with van der Waals surface area (Å²) < 4.78 is 13.4. The SMILES string of the molecule is NCCC1=CCCc2c(F)cccc21. The third kappa shape index (κ3) is 1.58. The van der Waals surface area contributed by atoms with E-state index >= 15 is 0 Å². The standard InChI is InChI=1S/C12H14FN/c13-12-6-2-4-10-9(7-8-14)3-1-5-11(10)12/h2-4,6H,1,5,7-8,14H2. The number of nitrogens with two attached hydrogens (primary N) is 1. The number of fused-ring (bicyclic) bond motifs is 1. The molecule has 2 heteroatoms. The lowest BCUT2D eigenvalue weighted by molar-refractivity contribution is 0.607. The topological polar surface area (TPSA) is 26.0 Å². The molecule has 74 valence electrons. The molecule has 1 aromatic rings. The second-order valence-corrected chi connectivity index (χ2v) is 3.57. The van der Waals surface area contributed by atoms with Crippen LogP contribution in [0.5, 0.6) is 0 Å². The van der Waals surface area contributed by atoms with Crippen LogP contribution in [0.3, 0.4) is 0 Å². The number of hydrogen-bond acceptors (Lipinski definition) is 1. The van der Waals surface area contributed by atoms with Gasteiger partial charge in [-0.3, -0.25) is 0 Å². The summed E-state index contributed by atoms with van der Waals surface area (Å²) in [4.78, 5) is 0. The van der Waals surface area contributed by atoms with Crippen molar-refractivity contribution in [2.24, 2.45) is 5.73 Å². The first-order valence-electron chi connectivity index (χ1n) is 5.00. The molecule has 0 fully saturated rings. The van der Waals surface area contributed by atoms with Gasteiger partial charge in [-0.1, -0.05) is 18.2 Å². The normalized spacial score (nSPS) is 14.9. The maximum atomic E-state index is 13.4. The first-order chi connectivity index (χ1) is 6.83. The van der Waals surface area contributed by atoms with Gasteiger partial charge in [-0.05, 0) is 48.6 Å². The van der Waals surface area contributed by atoms with Crippen LogP contribution in [0.1, 0.15) is 24.0 Å². The molecule has 0 heterocycles. The second kappa shape index (κ2) is 3.93. The van der Waals surface area contributed by atoms with Crippen LogP contribution in [0.4, 0.5) is 4.39 Å². The van der Waals surface area contributed by atoms with Crippen LogP contribution >= 0.6 is 0 Å². The van der Waals surface area contributed by atoms with Crippen LogP contribution in [0.2, 0.25) is 0 Å². The van der Waals surface area contributed by atoms with E-state index in [1.807, 2.05) is 6.07 Å². The van der Waals surface area contributed by atoms with Gasteiger partial charge >= 0.3 is 0 Å². The van der Waals surface area contributed by atoms with E-state index in [2.05, 4.69) is 6.08 Å². The summed E-state index contributed by atoms with van der Waals surface area (Å²) in [5.74, 6) is -0.0786. The van der Waals surface area contributed by atoms with E-state index < -0.39 is 0 Å². The number of hydrogen-bond donors (Lipinski definition) is 1. The molecule has 0 atom stereocenters. The van der Waals surface area contributed by atoms with Gasteiger partial charge in [0.05, 0.1) is 0 Å². The monoisotopic (exact) mass is 191 g/mol. The minimum absolute atomic E-state index is 0.0786.